The van der Waals surface area contributed by atoms with Crippen LogP contribution in [0.25, 0.3) is 0 Å². The molecular weight excluding hydrogens is 507 g/mol. The zero-order valence-corrected chi connectivity index (χ0v) is 21.3. The number of amides is 1. The minimum atomic E-state index is -5.08. The molecule has 0 aliphatic carbocycles. The molecule has 1 fully saturated rings. The third kappa shape index (κ3) is 8.58. The molecule has 2 aromatic rings. The third-order valence-electron chi connectivity index (χ3n) is 6.33. The lowest BCUT2D eigenvalue weighted by atomic mass is 9.72. The van der Waals surface area contributed by atoms with Crippen LogP contribution in [0.2, 0.25) is 0 Å². The van der Waals surface area contributed by atoms with E-state index in [-0.39, 0.29) is 17.4 Å². The second-order valence-corrected chi connectivity index (χ2v) is 9.31. The zero-order valence-electron chi connectivity index (χ0n) is 20.4. The van der Waals surface area contributed by atoms with Gasteiger partial charge in [0.2, 0.25) is 5.91 Å². The van der Waals surface area contributed by atoms with E-state index in [1.807, 2.05) is 42.5 Å². The number of halogens is 3. The molecule has 1 amide bonds. The van der Waals surface area contributed by atoms with Gasteiger partial charge in [0, 0.05) is 5.75 Å². The highest BCUT2D eigenvalue weighted by Gasteiger charge is 2.42. The minimum Gasteiger partial charge on any atom is -0.475 e. The molecule has 7 nitrogen and oxygen atoms in total. The van der Waals surface area contributed by atoms with Gasteiger partial charge in [-0.15, -0.1) is 0 Å². The number of nitrogens with one attached hydrogen (secondary N) is 2. The molecule has 3 rings (SSSR count). The molecule has 2 atom stereocenters. The fourth-order valence-electron chi connectivity index (χ4n) is 4.11. The molecule has 37 heavy (non-hydrogen) atoms. The molecule has 0 aromatic heterocycles. The fraction of sp³-hybridized carbons (Fsp3) is 0.423. The number of rotatable bonds is 8. The molecular formula is C26H32F3N3O4S. The Morgan fingerprint density at radius 1 is 1.08 bits per heavy atom. The Labute approximate surface area is 219 Å². The van der Waals surface area contributed by atoms with Crippen molar-refractivity contribution in [1.82, 2.24) is 10.6 Å². The van der Waals surface area contributed by atoms with E-state index >= 15 is 0 Å². The van der Waals surface area contributed by atoms with Crippen molar-refractivity contribution >= 4 is 30.3 Å². The van der Waals surface area contributed by atoms with Crippen LogP contribution in [-0.4, -0.2) is 53.8 Å². The Bertz CT molecular complexity index is 1060. The number of hydrogen-bond acceptors (Lipinski definition) is 6. The van der Waals surface area contributed by atoms with E-state index in [2.05, 4.69) is 42.3 Å². The van der Waals surface area contributed by atoms with E-state index in [0.29, 0.717) is 6.42 Å². The van der Waals surface area contributed by atoms with Gasteiger partial charge in [-0.25, -0.2) is 4.79 Å². The Balaban J connectivity index is 0.000000604. The van der Waals surface area contributed by atoms with Gasteiger partial charge in [-0.2, -0.15) is 25.8 Å². The number of ketones is 1. The molecule has 202 valence electrons. The Morgan fingerprint density at radius 3 is 2.14 bits per heavy atom. The first kappa shape index (κ1) is 30.3. The van der Waals surface area contributed by atoms with E-state index in [1.54, 1.807) is 0 Å². The Kier molecular flexibility index (Phi) is 11.1. The molecule has 5 N–H and O–H groups in total. The van der Waals surface area contributed by atoms with Gasteiger partial charge in [0.05, 0.1) is 11.5 Å². The smallest absolute Gasteiger partial charge is 0.475 e. The molecule has 1 unspecified atom stereocenters. The highest BCUT2D eigenvalue weighted by molar-refractivity contribution is 7.80. The maximum atomic E-state index is 13.7. The van der Waals surface area contributed by atoms with E-state index in [9.17, 15) is 22.8 Å². The van der Waals surface area contributed by atoms with Gasteiger partial charge >= 0.3 is 12.1 Å². The van der Waals surface area contributed by atoms with Crippen LogP contribution >= 0.6 is 12.6 Å². The first-order valence-electron chi connectivity index (χ1n) is 11.7. The summed E-state index contributed by atoms with van der Waals surface area (Å²) in [7, 11) is 0. The fourth-order valence-corrected chi connectivity index (χ4v) is 4.29. The van der Waals surface area contributed by atoms with Crippen molar-refractivity contribution in [1.29, 1.82) is 0 Å². The number of aryl methyl sites for hydroxylation is 1. The number of piperidine rings is 1. The quantitative estimate of drug-likeness (QED) is 0.329. The number of hydrogen-bond donors (Lipinski definition) is 5. The zero-order chi connectivity index (χ0) is 27.6. The summed E-state index contributed by atoms with van der Waals surface area (Å²) in [5, 5.41) is 13.5. The summed E-state index contributed by atoms with van der Waals surface area (Å²) in [4.78, 5) is 35.6. The molecule has 1 saturated heterocycles. The van der Waals surface area contributed by atoms with Crippen LogP contribution in [0.4, 0.5) is 13.2 Å². The summed E-state index contributed by atoms with van der Waals surface area (Å²) in [6.07, 6.45) is -2.98. The van der Waals surface area contributed by atoms with Crippen LogP contribution in [0.5, 0.6) is 0 Å². The lowest BCUT2D eigenvalue weighted by Crippen LogP contribution is -2.52. The van der Waals surface area contributed by atoms with E-state index in [0.717, 1.165) is 31.5 Å². The predicted molar refractivity (Wildman–Crippen MR) is 137 cm³/mol. The van der Waals surface area contributed by atoms with Gasteiger partial charge in [0.1, 0.15) is 6.04 Å². The highest BCUT2D eigenvalue weighted by atomic mass is 32.1. The van der Waals surface area contributed by atoms with Crippen LogP contribution in [-0.2, 0) is 20.8 Å². The highest BCUT2D eigenvalue weighted by Crippen LogP contribution is 2.35. The van der Waals surface area contributed by atoms with Crippen molar-refractivity contribution in [2.75, 3.05) is 18.8 Å². The van der Waals surface area contributed by atoms with Crippen molar-refractivity contribution in [3.63, 3.8) is 0 Å². The van der Waals surface area contributed by atoms with Crippen LogP contribution in [0.3, 0.4) is 0 Å². The van der Waals surface area contributed by atoms with Crippen molar-refractivity contribution in [3.8, 4) is 0 Å². The number of carboxylic acid groups (broad SMARTS) is 1. The van der Waals surface area contributed by atoms with Crippen LogP contribution in [0.1, 0.15) is 35.6 Å². The van der Waals surface area contributed by atoms with Crippen LogP contribution < -0.4 is 16.4 Å². The number of aliphatic carboxylic acids is 1. The van der Waals surface area contributed by atoms with Crippen LogP contribution in [0, 0.1) is 12.3 Å². The largest absolute Gasteiger partial charge is 0.490 e. The van der Waals surface area contributed by atoms with Gasteiger partial charge in [-0.05, 0) is 56.0 Å². The number of benzene rings is 2. The van der Waals surface area contributed by atoms with E-state index in [4.69, 9.17) is 15.6 Å². The summed E-state index contributed by atoms with van der Waals surface area (Å²) in [5.74, 6) is -2.83. The number of thiol groups is 1. The molecule has 0 saturated carbocycles. The maximum Gasteiger partial charge on any atom is 0.490 e. The third-order valence-corrected chi connectivity index (χ3v) is 6.72. The normalized spacial score (nSPS) is 16.5. The first-order chi connectivity index (χ1) is 17.4. The number of alkyl halides is 3. The monoisotopic (exact) mass is 539 g/mol. The van der Waals surface area contributed by atoms with Crippen molar-refractivity contribution in [2.24, 2.45) is 11.1 Å². The van der Waals surface area contributed by atoms with E-state index < -0.39 is 29.6 Å². The topological polar surface area (TPSA) is 122 Å². The van der Waals surface area contributed by atoms with Crippen LogP contribution in [0.15, 0.2) is 54.6 Å². The summed E-state index contributed by atoms with van der Waals surface area (Å²) in [5.41, 5.74) is 8.53. The number of nitrogens with two attached hydrogens (primary N) is 1. The lowest BCUT2D eigenvalue weighted by molar-refractivity contribution is -0.192. The Morgan fingerprint density at radius 2 is 1.62 bits per heavy atom. The van der Waals surface area contributed by atoms with Gasteiger partial charge in [-0.3, -0.25) is 9.59 Å². The van der Waals surface area contributed by atoms with Gasteiger partial charge in [0.25, 0.3) is 0 Å². The number of carbonyl (C=O) groups excluding carboxylic acids is 2. The molecule has 11 heteroatoms. The van der Waals surface area contributed by atoms with Gasteiger partial charge in [-0.1, -0.05) is 54.6 Å². The Hall–Kier alpha value is -2.89. The minimum absolute atomic E-state index is 0.0826. The van der Waals surface area contributed by atoms with E-state index in [1.165, 1.54) is 11.1 Å². The molecule has 2 aromatic carbocycles. The average Bonchev–Trinajstić information content (AvgIpc) is 2.88. The van der Waals surface area contributed by atoms with Gasteiger partial charge in [0.15, 0.2) is 5.78 Å². The molecule has 1 heterocycles. The molecule has 1 aliphatic heterocycles. The second kappa shape index (κ2) is 13.6. The van der Waals surface area contributed by atoms with Crippen molar-refractivity contribution in [2.45, 2.75) is 44.4 Å². The molecule has 0 radical (unpaired) electrons. The summed E-state index contributed by atoms with van der Waals surface area (Å²) >= 11 is 4.18. The van der Waals surface area contributed by atoms with Gasteiger partial charge < -0.3 is 21.5 Å². The molecule has 1 aliphatic rings. The lowest BCUT2D eigenvalue weighted by Gasteiger charge is -2.38. The number of Topliss-reactive ketones (excluding diaryl/α,β-unsaturated/α-hetero) is 1. The first-order valence-corrected chi connectivity index (χ1v) is 12.4. The summed E-state index contributed by atoms with van der Waals surface area (Å²) in [6, 6.07) is 16.0. The van der Waals surface area contributed by atoms with Crippen molar-refractivity contribution < 1.29 is 32.7 Å². The molecule has 0 bridgehead atoms. The standard InChI is InChI=1S/C24H31N3O2S.C2HF3O2/c1-17-7-5-6-10-19(17)15-24(11-13-26-14-12-24)23(29)27-21(22(28)20(25)16-30)18-8-3-2-4-9-18;3-2(4,5)1(6)7/h2-10,20-21,26,30H,11-16,25H2,1H3,(H,27,29);(H,6,7)/t20-,21?;/m0./s1. The number of carbonyl (C=O) groups is 3. The second-order valence-electron chi connectivity index (χ2n) is 8.95. The average molecular weight is 540 g/mol. The molecule has 0 spiro atoms. The van der Waals surface area contributed by atoms with Crippen molar-refractivity contribution in [3.05, 3.63) is 71.3 Å². The number of carboxylic acids is 1. The SMILES string of the molecule is Cc1ccccc1CC1(C(=O)NC(C(=O)[C@@H](N)CS)c2ccccc2)CCNCC1.O=C(O)C(F)(F)F. The summed E-state index contributed by atoms with van der Waals surface area (Å²) in [6.45, 7) is 3.63. The summed E-state index contributed by atoms with van der Waals surface area (Å²) < 4.78 is 31.7. The maximum absolute atomic E-state index is 13.7. The predicted octanol–water partition coefficient (Wildman–Crippen LogP) is 3.22.